The lowest BCUT2D eigenvalue weighted by molar-refractivity contribution is 0.402. The average molecular weight is 372 g/mol. The second-order valence-corrected chi connectivity index (χ2v) is 7.43. The third-order valence-corrected chi connectivity index (χ3v) is 5.21. The first-order valence-corrected chi connectivity index (χ1v) is 9.03. The van der Waals surface area contributed by atoms with E-state index in [4.69, 9.17) is 0 Å². The number of hydrogen-bond donors (Lipinski definition) is 6. The summed E-state index contributed by atoms with van der Waals surface area (Å²) < 4.78 is 29.3. The highest BCUT2D eigenvalue weighted by Crippen LogP contribution is 2.29. The third kappa shape index (κ3) is 4.68. The Bertz CT molecular complexity index is 826. The summed E-state index contributed by atoms with van der Waals surface area (Å²) in [5, 5.41) is 37.1. The van der Waals surface area contributed by atoms with Gasteiger partial charge in [0, 0.05) is 24.1 Å². The molecule has 0 fully saturated rings. The molecule has 0 aromatic heterocycles. The Labute approximate surface area is 143 Å². The van der Waals surface area contributed by atoms with E-state index in [1.54, 1.807) is 6.07 Å². The standard InChI is InChI=1S/C14H16N2O6S2/c17-11-3-1-9(7-13(11)19)23-15-5-6-16-24(21,22)10-2-4-12(18)14(20)8-10/h1-4,7-8,15-20H,5-6H2. The predicted molar refractivity (Wildman–Crippen MR) is 88.6 cm³/mol. The average Bonchev–Trinajstić information content (AvgIpc) is 2.53. The number of rotatable bonds is 7. The van der Waals surface area contributed by atoms with Crippen LogP contribution in [0.25, 0.3) is 0 Å². The molecule has 24 heavy (non-hydrogen) atoms. The molecule has 130 valence electrons. The van der Waals surface area contributed by atoms with Crippen LogP contribution in [0.3, 0.4) is 0 Å². The molecule has 8 nitrogen and oxygen atoms in total. The van der Waals surface area contributed by atoms with Crippen LogP contribution in [0.1, 0.15) is 0 Å². The molecule has 0 atom stereocenters. The van der Waals surface area contributed by atoms with Crippen LogP contribution in [-0.2, 0) is 10.0 Å². The van der Waals surface area contributed by atoms with Crippen molar-refractivity contribution in [1.29, 1.82) is 0 Å². The van der Waals surface area contributed by atoms with Crippen molar-refractivity contribution in [1.82, 2.24) is 9.44 Å². The van der Waals surface area contributed by atoms with Crippen LogP contribution in [0.15, 0.2) is 46.2 Å². The Hall–Kier alpha value is -2.14. The lowest BCUT2D eigenvalue weighted by Gasteiger charge is -2.08. The van der Waals surface area contributed by atoms with Gasteiger partial charge in [-0.1, -0.05) is 0 Å². The van der Waals surface area contributed by atoms with Crippen LogP contribution in [0.2, 0.25) is 0 Å². The third-order valence-electron chi connectivity index (χ3n) is 2.91. The lowest BCUT2D eigenvalue weighted by atomic mass is 10.3. The fraction of sp³-hybridized carbons (Fsp3) is 0.143. The molecule has 0 heterocycles. The molecule has 10 heteroatoms. The number of hydrogen-bond acceptors (Lipinski definition) is 8. The maximum Gasteiger partial charge on any atom is 0.240 e. The molecule has 0 bridgehead atoms. The molecule has 0 spiro atoms. The van der Waals surface area contributed by atoms with E-state index >= 15 is 0 Å². The summed E-state index contributed by atoms with van der Waals surface area (Å²) in [4.78, 5) is 0.491. The van der Waals surface area contributed by atoms with Gasteiger partial charge in [-0.15, -0.1) is 0 Å². The topological polar surface area (TPSA) is 139 Å². The maximum absolute atomic E-state index is 12.0. The molecule has 0 unspecified atom stereocenters. The van der Waals surface area contributed by atoms with Gasteiger partial charge in [0.25, 0.3) is 0 Å². The van der Waals surface area contributed by atoms with Crippen LogP contribution in [0, 0.1) is 0 Å². The van der Waals surface area contributed by atoms with Gasteiger partial charge in [0.15, 0.2) is 23.0 Å². The molecule has 2 rings (SSSR count). The largest absolute Gasteiger partial charge is 0.504 e. The molecule has 0 aliphatic rings. The lowest BCUT2D eigenvalue weighted by Crippen LogP contribution is -2.29. The van der Waals surface area contributed by atoms with Crippen molar-refractivity contribution >= 4 is 22.0 Å². The van der Waals surface area contributed by atoms with E-state index in [0.717, 1.165) is 12.1 Å². The minimum absolute atomic E-state index is 0.0844. The number of nitrogens with one attached hydrogen (secondary N) is 2. The van der Waals surface area contributed by atoms with Crippen LogP contribution in [0.4, 0.5) is 0 Å². The number of phenolic OH excluding ortho intramolecular Hbond substituents is 4. The zero-order chi connectivity index (χ0) is 17.7. The first-order valence-electron chi connectivity index (χ1n) is 6.73. The van der Waals surface area contributed by atoms with E-state index in [9.17, 15) is 28.8 Å². The van der Waals surface area contributed by atoms with Gasteiger partial charge in [0.2, 0.25) is 10.0 Å². The van der Waals surface area contributed by atoms with Crippen LogP contribution >= 0.6 is 11.9 Å². The van der Waals surface area contributed by atoms with Crippen molar-refractivity contribution in [3.8, 4) is 23.0 Å². The molecule has 2 aromatic carbocycles. The summed E-state index contributed by atoms with van der Waals surface area (Å²) in [7, 11) is -3.80. The van der Waals surface area contributed by atoms with E-state index in [1.807, 2.05) is 0 Å². The van der Waals surface area contributed by atoms with Gasteiger partial charge in [0.1, 0.15) is 0 Å². The van der Waals surface area contributed by atoms with Crippen molar-refractivity contribution in [2.24, 2.45) is 0 Å². The Morgan fingerprint density at radius 1 is 0.833 bits per heavy atom. The smallest absolute Gasteiger partial charge is 0.240 e. The normalized spacial score (nSPS) is 11.5. The van der Waals surface area contributed by atoms with Crippen LogP contribution < -0.4 is 9.44 Å². The highest BCUT2D eigenvalue weighted by atomic mass is 32.2. The molecular weight excluding hydrogens is 356 g/mol. The first kappa shape index (κ1) is 18.2. The maximum atomic E-state index is 12.0. The Balaban J connectivity index is 1.82. The summed E-state index contributed by atoms with van der Waals surface area (Å²) in [6.45, 7) is 0.372. The van der Waals surface area contributed by atoms with Gasteiger partial charge in [-0.3, -0.25) is 4.72 Å². The molecule has 0 aliphatic heterocycles. The zero-order valence-electron chi connectivity index (χ0n) is 12.3. The van der Waals surface area contributed by atoms with Gasteiger partial charge in [-0.25, -0.2) is 13.1 Å². The summed E-state index contributed by atoms with van der Waals surface area (Å²) in [5.41, 5.74) is 0. The van der Waals surface area contributed by atoms with Crippen molar-refractivity contribution in [2.45, 2.75) is 9.79 Å². The summed E-state index contributed by atoms with van der Waals surface area (Å²) in [6.07, 6.45) is 0. The van der Waals surface area contributed by atoms with Crippen molar-refractivity contribution in [2.75, 3.05) is 13.1 Å². The van der Waals surface area contributed by atoms with Crippen LogP contribution in [-0.4, -0.2) is 41.9 Å². The van der Waals surface area contributed by atoms with E-state index in [2.05, 4.69) is 9.44 Å². The van der Waals surface area contributed by atoms with Crippen molar-refractivity contribution in [3.63, 3.8) is 0 Å². The number of phenols is 4. The van der Waals surface area contributed by atoms with Gasteiger partial charge in [-0.05, 0) is 42.3 Å². The molecule has 0 saturated heterocycles. The molecule has 0 aliphatic carbocycles. The van der Waals surface area contributed by atoms with Gasteiger partial charge in [0.05, 0.1) is 4.90 Å². The fourth-order valence-corrected chi connectivity index (χ4v) is 3.42. The quantitative estimate of drug-likeness (QED) is 0.241. The van der Waals surface area contributed by atoms with Crippen LogP contribution in [0.5, 0.6) is 23.0 Å². The van der Waals surface area contributed by atoms with Gasteiger partial charge in [-0.2, -0.15) is 0 Å². The SMILES string of the molecule is O=S(=O)(NCCNSc1ccc(O)c(O)c1)c1ccc(O)c(O)c1. The molecule has 6 N–H and O–H groups in total. The van der Waals surface area contributed by atoms with E-state index in [0.29, 0.717) is 4.90 Å². The fourth-order valence-electron chi connectivity index (χ4n) is 1.69. The summed E-state index contributed by atoms with van der Waals surface area (Å²) >= 11 is 1.17. The number of benzene rings is 2. The number of sulfonamides is 1. The summed E-state index contributed by atoms with van der Waals surface area (Å²) in [6, 6.07) is 7.54. The molecule has 0 radical (unpaired) electrons. The Morgan fingerprint density at radius 3 is 2.08 bits per heavy atom. The Morgan fingerprint density at radius 2 is 1.46 bits per heavy atom. The van der Waals surface area contributed by atoms with Crippen molar-refractivity contribution in [3.05, 3.63) is 36.4 Å². The van der Waals surface area contributed by atoms with E-state index in [1.165, 1.54) is 30.1 Å². The van der Waals surface area contributed by atoms with E-state index in [-0.39, 0.29) is 29.5 Å². The minimum atomic E-state index is -3.80. The molecule has 0 amide bonds. The second-order valence-electron chi connectivity index (χ2n) is 4.70. The molecule has 0 saturated carbocycles. The predicted octanol–water partition coefficient (Wildman–Crippen LogP) is 1.08. The van der Waals surface area contributed by atoms with Crippen molar-refractivity contribution < 1.29 is 28.8 Å². The zero-order valence-corrected chi connectivity index (χ0v) is 13.9. The van der Waals surface area contributed by atoms with E-state index < -0.39 is 21.5 Å². The van der Waals surface area contributed by atoms with Gasteiger partial charge < -0.3 is 20.4 Å². The Kier molecular flexibility index (Phi) is 5.78. The molecular formula is C14H16N2O6S2. The first-order chi connectivity index (χ1) is 11.3. The second kappa shape index (κ2) is 7.62. The highest BCUT2D eigenvalue weighted by molar-refractivity contribution is 7.97. The number of aromatic hydroxyl groups is 4. The summed E-state index contributed by atoms with van der Waals surface area (Å²) in [5.74, 6) is -1.37. The highest BCUT2D eigenvalue weighted by Gasteiger charge is 2.15. The van der Waals surface area contributed by atoms with Gasteiger partial charge >= 0.3 is 0 Å². The minimum Gasteiger partial charge on any atom is -0.504 e. The monoisotopic (exact) mass is 372 g/mol. The molecule has 2 aromatic rings.